The zero-order valence-corrected chi connectivity index (χ0v) is 6.81. The van der Waals surface area contributed by atoms with Gasteiger partial charge in [-0.25, -0.2) is 5.53 Å². The van der Waals surface area contributed by atoms with Crippen LogP contribution in [0.3, 0.4) is 0 Å². The standard InChI is InChI=1S/C2H6N4.C2H4N4/c2*1-2-3-5-6-4-2/h2H,1H3,(H,3,6)(H,4,5);1H3,(H,3,4,5,6). The third-order valence-electron chi connectivity index (χ3n) is 1.01. The van der Waals surface area contributed by atoms with Crippen molar-refractivity contribution in [3.05, 3.63) is 5.82 Å². The average molecular weight is 170 g/mol. The van der Waals surface area contributed by atoms with Crippen LogP contribution in [0.2, 0.25) is 0 Å². The van der Waals surface area contributed by atoms with Crippen LogP contribution in [-0.4, -0.2) is 26.8 Å². The van der Waals surface area contributed by atoms with E-state index in [-0.39, 0.29) is 6.17 Å². The maximum Gasteiger partial charge on any atom is 0.171 e. The van der Waals surface area contributed by atoms with Gasteiger partial charge in [-0.3, -0.25) is 0 Å². The lowest BCUT2D eigenvalue weighted by Gasteiger charge is -1.90. The Kier molecular flexibility index (Phi) is 3.08. The largest absolute Gasteiger partial charge is 0.222 e. The molecule has 0 saturated heterocycles. The molecule has 8 heteroatoms. The molecule has 0 fully saturated rings. The van der Waals surface area contributed by atoms with Crippen LogP contribution in [0.4, 0.5) is 0 Å². The van der Waals surface area contributed by atoms with Crippen molar-refractivity contribution in [1.29, 1.82) is 0 Å². The van der Waals surface area contributed by atoms with Gasteiger partial charge in [0, 0.05) is 0 Å². The topological polar surface area (TPSA) is 103 Å². The second kappa shape index (κ2) is 4.34. The number of aromatic nitrogens is 4. The Labute approximate surface area is 68.8 Å². The summed E-state index contributed by atoms with van der Waals surface area (Å²) in [5.41, 5.74) is 5.22. The smallest absolute Gasteiger partial charge is 0.171 e. The monoisotopic (exact) mass is 170 g/mol. The van der Waals surface area contributed by atoms with E-state index in [2.05, 4.69) is 41.9 Å². The third kappa shape index (κ3) is 3.01. The van der Waals surface area contributed by atoms with Gasteiger partial charge in [-0.1, -0.05) is 10.4 Å². The molecule has 0 aliphatic carbocycles. The van der Waals surface area contributed by atoms with E-state index < -0.39 is 0 Å². The summed E-state index contributed by atoms with van der Waals surface area (Å²) in [5, 5.41) is 19.8. The molecule has 12 heavy (non-hydrogen) atoms. The number of nitrogens with zero attached hydrogens (tertiary/aromatic N) is 5. The first-order valence-electron chi connectivity index (χ1n) is 3.39. The van der Waals surface area contributed by atoms with Gasteiger partial charge in [0.05, 0.1) is 0 Å². The van der Waals surface area contributed by atoms with Crippen LogP contribution in [-0.2, 0) is 0 Å². The van der Waals surface area contributed by atoms with E-state index in [1.807, 2.05) is 6.92 Å². The number of aromatic amines is 1. The van der Waals surface area contributed by atoms with Crippen LogP contribution < -0.4 is 11.0 Å². The number of hydrogen-bond donors (Lipinski definition) is 3. The Morgan fingerprint density at radius 2 is 2.25 bits per heavy atom. The zero-order chi connectivity index (χ0) is 8.81. The first-order chi connectivity index (χ1) is 5.79. The molecule has 0 amide bonds. The summed E-state index contributed by atoms with van der Waals surface area (Å²) in [5.74, 6) is 0.676. The van der Waals surface area contributed by atoms with Gasteiger partial charge in [0.2, 0.25) is 0 Å². The van der Waals surface area contributed by atoms with Crippen molar-refractivity contribution in [1.82, 2.24) is 31.6 Å². The van der Waals surface area contributed by atoms with E-state index in [4.69, 9.17) is 0 Å². The minimum absolute atomic E-state index is 0.144. The van der Waals surface area contributed by atoms with E-state index in [1.54, 1.807) is 6.92 Å². The summed E-state index contributed by atoms with van der Waals surface area (Å²) in [7, 11) is 0. The summed E-state index contributed by atoms with van der Waals surface area (Å²) in [6.45, 7) is 3.67. The maximum atomic E-state index is 3.64. The van der Waals surface area contributed by atoms with Crippen LogP contribution in [0.1, 0.15) is 12.7 Å². The molecule has 1 aliphatic rings. The highest BCUT2D eigenvalue weighted by atomic mass is 15.7. The van der Waals surface area contributed by atoms with Crippen molar-refractivity contribution >= 4 is 0 Å². The molecule has 2 heterocycles. The van der Waals surface area contributed by atoms with Crippen LogP contribution in [0.25, 0.3) is 0 Å². The van der Waals surface area contributed by atoms with Crippen molar-refractivity contribution in [2.24, 2.45) is 10.3 Å². The Hall–Kier alpha value is -1.57. The van der Waals surface area contributed by atoms with Crippen LogP contribution in [0, 0.1) is 6.92 Å². The van der Waals surface area contributed by atoms with Gasteiger partial charge in [-0.15, -0.1) is 15.3 Å². The fourth-order valence-electron chi connectivity index (χ4n) is 0.478. The molecule has 1 unspecified atom stereocenters. The lowest BCUT2D eigenvalue weighted by atomic mass is 10.6. The predicted molar refractivity (Wildman–Crippen MR) is 39.5 cm³/mol. The number of aryl methyl sites for hydroxylation is 1. The van der Waals surface area contributed by atoms with Gasteiger partial charge in [0.1, 0.15) is 6.17 Å². The molecule has 0 spiro atoms. The second-order valence-electron chi connectivity index (χ2n) is 2.11. The summed E-state index contributed by atoms with van der Waals surface area (Å²) in [4.78, 5) is 0. The van der Waals surface area contributed by atoms with Gasteiger partial charge in [-0.05, 0) is 13.8 Å². The van der Waals surface area contributed by atoms with Crippen molar-refractivity contribution in [2.75, 3.05) is 0 Å². The van der Waals surface area contributed by atoms with Crippen LogP contribution in [0.5, 0.6) is 0 Å². The minimum Gasteiger partial charge on any atom is -0.222 e. The highest BCUT2D eigenvalue weighted by Gasteiger charge is 1.98. The molecule has 66 valence electrons. The quantitative estimate of drug-likeness (QED) is 0.478. The molecule has 2 rings (SSSR count). The maximum absolute atomic E-state index is 3.64. The predicted octanol–water partition coefficient (Wildman–Crippen LogP) is -0.684. The molecule has 1 aromatic heterocycles. The van der Waals surface area contributed by atoms with E-state index in [0.29, 0.717) is 5.82 Å². The van der Waals surface area contributed by atoms with E-state index in [1.165, 1.54) is 0 Å². The molecule has 1 aliphatic heterocycles. The van der Waals surface area contributed by atoms with Crippen LogP contribution >= 0.6 is 0 Å². The van der Waals surface area contributed by atoms with Crippen molar-refractivity contribution < 1.29 is 0 Å². The SMILES string of the molecule is CC1N=NNN1.Cc1nn[nH]n1. The van der Waals surface area contributed by atoms with Crippen LogP contribution in [0.15, 0.2) is 10.3 Å². The third-order valence-corrected chi connectivity index (χ3v) is 1.01. The average Bonchev–Trinajstić information content (AvgIpc) is 2.63. The van der Waals surface area contributed by atoms with Gasteiger partial charge >= 0.3 is 0 Å². The molecule has 1 aromatic rings. The molecule has 8 nitrogen and oxygen atoms in total. The number of nitrogens with one attached hydrogen (secondary N) is 3. The summed E-state index contributed by atoms with van der Waals surface area (Å²) in [6, 6.07) is 0. The van der Waals surface area contributed by atoms with Gasteiger partial charge in [0.15, 0.2) is 5.82 Å². The number of rotatable bonds is 0. The fraction of sp³-hybridized carbons (Fsp3) is 0.750. The molecule has 0 aromatic carbocycles. The van der Waals surface area contributed by atoms with E-state index >= 15 is 0 Å². The fourth-order valence-corrected chi connectivity index (χ4v) is 0.478. The molecule has 0 saturated carbocycles. The van der Waals surface area contributed by atoms with Crippen molar-refractivity contribution in [2.45, 2.75) is 20.0 Å². The summed E-state index contributed by atoms with van der Waals surface area (Å²) in [6.07, 6.45) is 0.144. The van der Waals surface area contributed by atoms with E-state index in [9.17, 15) is 0 Å². The normalized spacial score (nSPS) is 19.7. The molecular formula is C4H10N8. The summed E-state index contributed by atoms with van der Waals surface area (Å²) >= 11 is 0. The zero-order valence-electron chi connectivity index (χ0n) is 6.81. The Bertz CT molecular complexity index is 227. The highest BCUT2D eigenvalue weighted by molar-refractivity contribution is 4.63. The molecular weight excluding hydrogens is 160 g/mol. The van der Waals surface area contributed by atoms with Crippen molar-refractivity contribution in [3.63, 3.8) is 0 Å². The Balaban J connectivity index is 0.000000120. The lowest BCUT2D eigenvalue weighted by molar-refractivity contribution is 0.564. The highest BCUT2D eigenvalue weighted by Crippen LogP contribution is 1.85. The summed E-state index contributed by atoms with van der Waals surface area (Å²) < 4.78 is 0. The number of hydrazine groups is 1. The molecule has 0 radical (unpaired) electrons. The van der Waals surface area contributed by atoms with Gasteiger partial charge < -0.3 is 0 Å². The van der Waals surface area contributed by atoms with E-state index in [0.717, 1.165) is 0 Å². The van der Waals surface area contributed by atoms with Crippen molar-refractivity contribution in [3.8, 4) is 0 Å². The molecule has 0 bridgehead atoms. The lowest BCUT2D eigenvalue weighted by Crippen LogP contribution is -2.27. The Morgan fingerprint density at radius 3 is 2.42 bits per heavy atom. The molecule has 1 atom stereocenters. The molecule has 3 N–H and O–H groups in total. The first kappa shape index (κ1) is 8.53. The van der Waals surface area contributed by atoms with Gasteiger partial charge in [-0.2, -0.15) is 10.6 Å². The minimum atomic E-state index is 0.144. The second-order valence-corrected chi connectivity index (χ2v) is 2.11. The number of H-pyrrole nitrogens is 1. The Morgan fingerprint density at radius 1 is 1.42 bits per heavy atom. The number of hydrogen-bond acceptors (Lipinski definition) is 7. The first-order valence-corrected chi connectivity index (χ1v) is 3.39. The van der Waals surface area contributed by atoms with Gasteiger partial charge in [0.25, 0.3) is 0 Å². The number of tetrazole rings is 1.